The summed E-state index contributed by atoms with van der Waals surface area (Å²) in [5, 5.41) is 12.8. The second kappa shape index (κ2) is 8.24. The van der Waals surface area contributed by atoms with Crippen molar-refractivity contribution in [2.24, 2.45) is 0 Å². The third kappa shape index (κ3) is 4.36. The summed E-state index contributed by atoms with van der Waals surface area (Å²) in [5.74, 6) is 0.118. The molecular weight excluding hydrogens is 344 g/mol. The Morgan fingerprint density at radius 1 is 1.27 bits per heavy atom. The number of aryl methyl sites for hydroxylation is 2. The number of rotatable bonds is 5. The Labute approximate surface area is 158 Å². The number of nitriles is 1. The van der Waals surface area contributed by atoms with E-state index in [-0.39, 0.29) is 11.7 Å². The standard InChI is InChI=1S/C20H22N4OS/c1-14-11-15(2)22-20(18(14)12-21)26-13-19(25)23-16-5-7-17(8-6-16)24-9-3-4-10-24/h5-8,11H,3-4,9-10,13H2,1-2H3,(H,23,25). The fraction of sp³-hybridized carbons (Fsp3) is 0.350. The number of nitrogens with one attached hydrogen (secondary N) is 1. The summed E-state index contributed by atoms with van der Waals surface area (Å²) >= 11 is 1.30. The summed E-state index contributed by atoms with van der Waals surface area (Å²) < 4.78 is 0. The summed E-state index contributed by atoms with van der Waals surface area (Å²) in [6.45, 7) is 5.98. The van der Waals surface area contributed by atoms with E-state index in [9.17, 15) is 10.1 Å². The third-order valence-electron chi connectivity index (χ3n) is 4.39. The highest BCUT2D eigenvalue weighted by Crippen LogP contribution is 2.25. The van der Waals surface area contributed by atoms with Gasteiger partial charge in [0, 0.05) is 30.2 Å². The summed E-state index contributed by atoms with van der Waals surface area (Å²) in [5.41, 5.74) is 4.27. The van der Waals surface area contributed by atoms with E-state index in [0.717, 1.165) is 30.0 Å². The van der Waals surface area contributed by atoms with Crippen LogP contribution >= 0.6 is 11.8 Å². The van der Waals surface area contributed by atoms with E-state index in [1.165, 1.54) is 30.3 Å². The Morgan fingerprint density at radius 3 is 2.62 bits per heavy atom. The number of hydrogen-bond donors (Lipinski definition) is 1. The average Bonchev–Trinajstić information content (AvgIpc) is 3.15. The molecular formula is C20H22N4OS. The maximum atomic E-state index is 12.2. The van der Waals surface area contributed by atoms with Gasteiger partial charge in [-0.2, -0.15) is 5.26 Å². The van der Waals surface area contributed by atoms with Crippen LogP contribution in [0.3, 0.4) is 0 Å². The van der Waals surface area contributed by atoms with E-state index in [4.69, 9.17) is 0 Å². The first kappa shape index (κ1) is 18.3. The van der Waals surface area contributed by atoms with E-state index < -0.39 is 0 Å². The molecule has 1 aliphatic rings. The lowest BCUT2D eigenvalue weighted by molar-refractivity contribution is -0.113. The van der Waals surface area contributed by atoms with Crippen molar-refractivity contribution in [1.29, 1.82) is 5.26 Å². The van der Waals surface area contributed by atoms with Crippen molar-refractivity contribution >= 4 is 29.0 Å². The summed E-state index contributed by atoms with van der Waals surface area (Å²) in [4.78, 5) is 19.0. The predicted octanol–water partition coefficient (Wildman–Crippen LogP) is 3.90. The van der Waals surface area contributed by atoms with E-state index in [0.29, 0.717) is 10.6 Å². The molecule has 6 heteroatoms. The van der Waals surface area contributed by atoms with E-state index >= 15 is 0 Å². The maximum absolute atomic E-state index is 12.2. The molecule has 2 aromatic rings. The normalized spacial score (nSPS) is 13.5. The van der Waals surface area contributed by atoms with Crippen LogP contribution in [-0.2, 0) is 4.79 Å². The Balaban J connectivity index is 1.59. The average molecular weight is 366 g/mol. The number of thioether (sulfide) groups is 1. The van der Waals surface area contributed by atoms with Crippen LogP contribution < -0.4 is 10.2 Å². The van der Waals surface area contributed by atoms with Crippen LogP contribution in [0.1, 0.15) is 29.7 Å². The van der Waals surface area contributed by atoms with E-state index in [2.05, 4.69) is 21.3 Å². The molecule has 0 aliphatic carbocycles. The van der Waals surface area contributed by atoms with Crippen molar-refractivity contribution in [2.75, 3.05) is 29.1 Å². The van der Waals surface area contributed by atoms with Gasteiger partial charge in [0.05, 0.1) is 11.3 Å². The highest BCUT2D eigenvalue weighted by molar-refractivity contribution is 8.00. The third-order valence-corrected chi connectivity index (χ3v) is 5.36. The fourth-order valence-corrected chi connectivity index (χ4v) is 4.00. The molecule has 5 nitrogen and oxygen atoms in total. The first-order valence-electron chi connectivity index (χ1n) is 8.73. The molecule has 134 valence electrons. The number of hydrogen-bond acceptors (Lipinski definition) is 5. The van der Waals surface area contributed by atoms with E-state index in [1.807, 2.05) is 44.2 Å². The van der Waals surface area contributed by atoms with Gasteiger partial charge in [0.2, 0.25) is 5.91 Å². The molecule has 1 aliphatic heterocycles. The van der Waals surface area contributed by atoms with Gasteiger partial charge in [-0.3, -0.25) is 4.79 Å². The van der Waals surface area contributed by atoms with Gasteiger partial charge in [-0.25, -0.2) is 4.98 Å². The zero-order valence-electron chi connectivity index (χ0n) is 15.1. The number of pyridine rings is 1. The molecule has 1 saturated heterocycles. The summed E-state index contributed by atoms with van der Waals surface area (Å²) in [7, 11) is 0. The molecule has 1 fully saturated rings. The Hall–Kier alpha value is -2.52. The number of amides is 1. The second-order valence-electron chi connectivity index (χ2n) is 6.45. The van der Waals surface area contributed by atoms with Crippen LogP contribution in [-0.4, -0.2) is 29.7 Å². The van der Waals surface area contributed by atoms with Gasteiger partial charge in [-0.1, -0.05) is 11.8 Å². The van der Waals surface area contributed by atoms with Crippen molar-refractivity contribution in [3.63, 3.8) is 0 Å². The highest BCUT2D eigenvalue weighted by Gasteiger charge is 2.13. The summed E-state index contributed by atoms with van der Waals surface area (Å²) in [6.07, 6.45) is 2.49. The molecule has 1 N–H and O–H groups in total. The molecule has 0 atom stereocenters. The van der Waals surface area contributed by atoms with Crippen molar-refractivity contribution in [2.45, 2.75) is 31.7 Å². The quantitative estimate of drug-likeness (QED) is 0.813. The lowest BCUT2D eigenvalue weighted by Crippen LogP contribution is -2.18. The Morgan fingerprint density at radius 2 is 1.96 bits per heavy atom. The van der Waals surface area contributed by atoms with Crippen LogP contribution in [0.25, 0.3) is 0 Å². The number of carbonyl (C=O) groups excluding carboxylic acids is 1. The number of nitrogens with zero attached hydrogens (tertiary/aromatic N) is 3. The SMILES string of the molecule is Cc1cc(C)c(C#N)c(SCC(=O)Nc2ccc(N3CCCC3)cc2)n1. The topological polar surface area (TPSA) is 69.0 Å². The second-order valence-corrected chi connectivity index (χ2v) is 7.41. The van der Waals surface area contributed by atoms with Crippen molar-refractivity contribution in [3.05, 3.63) is 47.2 Å². The molecule has 1 aromatic carbocycles. The van der Waals surface area contributed by atoms with Crippen LogP contribution in [0.2, 0.25) is 0 Å². The molecule has 3 rings (SSSR count). The molecule has 0 spiro atoms. The molecule has 0 unspecified atom stereocenters. The molecule has 0 saturated carbocycles. The Bertz CT molecular complexity index is 836. The highest BCUT2D eigenvalue weighted by atomic mass is 32.2. The number of anilines is 2. The van der Waals surface area contributed by atoms with Crippen LogP contribution in [0.4, 0.5) is 11.4 Å². The van der Waals surface area contributed by atoms with Gasteiger partial charge in [0.15, 0.2) is 0 Å². The molecule has 1 amide bonds. The number of aromatic nitrogens is 1. The molecule has 26 heavy (non-hydrogen) atoms. The van der Waals surface area contributed by atoms with Gasteiger partial charge < -0.3 is 10.2 Å². The smallest absolute Gasteiger partial charge is 0.234 e. The van der Waals surface area contributed by atoms with Crippen molar-refractivity contribution < 1.29 is 4.79 Å². The van der Waals surface area contributed by atoms with Crippen molar-refractivity contribution in [3.8, 4) is 6.07 Å². The van der Waals surface area contributed by atoms with Gasteiger partial charge in [0.25, 0.3) is 0 Å². The fourth-order valence-electron chi connectivity index (χ4n) is 3.10. The minimum Gasteiger partial charge on any atom is -0.372 e. The molecule has 0 radical (unpaired) electrons. The van der Waals surface area contributed by atoms with Gasteiger partial charge in [-0.05, 0) is 62.6 Å². The minimum absolute atomic E-state index is 0.103. The monoisotopic (exact) mass is 366 g/mol. The lowest BCUT2D eigenvalue weighted by atomic mass is 10.1. The number of benzene rings is 1. The van der Waals surface area contributed by atoms with Crippen LogP contribution in [0.15, 0.2) is 35.4 Å². The zero-order valence-corrected chi connectivity index (χ0v) is 15.9. The predicted molar refractivity (Wildman–Crippen MR) is 106 cm³/mol. The van der Waals surface area contributed by atoms with E-state index in [1.54, 1.807) is 0 Å². The lowest BCUT2D eigenvalue weighted by Gasteiger charge is -2.17. The number of carbonyl (C=O) groups is 1. The largest absolute Gasteiger partial charge is 0.372 e. The van der Waals surface area contributed by atoms with Gasteiger partial charge in [-0.15, -0.1) is 0 Å². The summed E-state index contributed by atoms with van der Waals surface area (Å²) in [6, 6.07) is 12.0. The van der Waals surface area contributed by atoms with Gasteiger partial charge >= 0.3 is 0 Å². The molecule has 1 aromatic heterocycles. The van der Waals surface area contributed by atoms with Crippen molar-refractivity contribution in [1.82, 2.24) is 4.98 Å². The zero-order chi connectivity index (χ0) is 18.5. The van der Waals surface area contributed by atoms with Gasteiger partial charge in [0.1, 0.15) is 11.1 Å². The minimum atomic E-state index is -0.103. The van der Waals surface area contributed by atoms with Crippen LogP contribution in [0.5, 0.6) is 0 Å². The maximum Gasteiger partial charge on any atom is 0.234 e. The molecule has 2 heterocycles. The Kier molecular flexibility index (Phi) is 5.79. The molecule has 0 bridgehead atoms. The van der Waals surface area contributed by atoms with Crippen LogP contribution in [0, 0.1) is 25.2 Å². The first-order valence-corrected chi connectivity index (χ1v) is 9.71. The first-order chi connectivity index (χ1) is 12.6.